The second kappa shape index (κ2) is 7.95. The van der Waals surface area contributed by atoms with E-state index in [1.807, 2.05) is 0 Å². The summed E-state index contributed by atoms with van der Waals surface area (Å²) >= 11 is 0. The van der Waals surface area contributed by atoms with E-state index in [4.69, 9.17) is 5.26 Å². The second-order valence-corrected chi connectivity index (χ2v) is 5.57. The maximum absolute atomic E-state index is 12.1. The molecule has 0 bridgehead atoms. The lowest BCUT2D eigenvalue weighted by molar-refractivity contribution is -0.0498. The molecule has 4 nitrogen and oxygen atoms in total. The summed E-state index contributed by atoms with van der Waals surface area (Å²) in [6.45, 7) is 1.22. The lowest BCUT2D eigenvalue weighted by Gasteiger charge is -2.35. The van der Waals surface area contributed by atoms with Gasteiger partial charge in [0.25, 0.3) is 0 Å². The third kappa shape index (κ3) is 4.85. The van der Waals surface area contributed by atoms with Crippen LogP contribution in [0.2, 0.25) is 0 Å². The zero-order chi connectivity index (χ0) is 15.9. The maximum Gasteiger partial charge on any atom is 0.387 e. The molecule has 0 spiro atoms. The Kier molecular flexibility index (Phi) is 5.96. The number of rotatable bonds is 6. The van der Waals surface area contributed by atoms with Gasteiger partial charge in [-0.15, -0.1) is 0 Å². The van der Waals surface area contributed by atoms with E-state index in [1.54, 1.807) is 24.3 Å². The standard InChI is InChI=1S/C16H21F2N3O/c1-12(6-9-19)21-10-7-14(8-11-21)20-13-2-4-15(5-3-13)22-16(17)18/h2-5,12,14,16,20H,6-8,10-11H2,1H3. The van der Waals surface area contributed by atoms with Crippen molar-refractivity contribution in [3.63, 3.8) is 0 Å². The van der Waals surface area contributed by atoms with Crippen molar-refractivity contribution in [3.05, 3.63) is 24.3 Å². The van der Waals surface area contributed by atoms with Crippen molar-refractivity contribution >= 4 is 5.69 Å². The largest absolute Gasteiger partial charge is 0.435 e. The first-order valence-corrected chi connectivity index (χ1v) is 7.51. The van der Waals surface area contributed by atoms with Crippen LogP contribution in [0.15, 0.2) is 24.3 Å². The smallest absolute Gasteiger partial charge is 0.387 e. The van der Waals surface area contributed by atoms with Gasteiger partial charge in [0.15, 0.2) is 0 Å². The molecule has 0 radical (unpaired) electrons. The number of hydrogen-bond donors (Lipinski definition) is 1. The number of ether oxygens (including phenoxy) is 1. The summed E-state index contributed by atoms with van der Waals surface area (Å²) in [7, 11) is 0. The monoisotopic (exact) mass is 309 g/mol. The molecule has 0 saturated carbocycles. The molecular weight excluding hydrogens is 288 g/mol. The quantitative estimate of drug-likeness (QED) is 0.874. The number of nitriles is 1. The molecule has 1 unspecified atom stereocenters. The molecule has 0 amide bonds. The van der Waals surface area contributed by atoms with Crippen LogP contribution >= 0.6 is 0 Å². The molecule has 1 aliphatic heterocycles. The Morgan fingerprint density at radius 1 is 1.32 bits per heavy atom. The molecule has 1 N–H and O–H groups in total. The van der Waals surface area contributed by atoms with Crippen LogP contribution in [0.3, 0.4) is 0 Å². The van der Waals surface area contributed by atoms with Crippen LogP contribution in [0.25, 0.3) is 0 Å². The minimum absolute atomic E-state index is 0.167. The molecule has 120 valence electrons. The topological polar surface area (TPSA) is 48.3 Å². The molecule has 1 aromatic rings. The summed E-state index contributed by atoms with van der Waals surface area (Å²) in [5, 5.41) is 12.2. The number of hydrogen-bond acceptors (Lipinski definition) is 4. The van der Waals surface area contributed by atoms with E-state index < -0.39 is 6.61 Å². The van der Waals surface area contributed by atoms with Crippen molar-refractivity contribution in [1.82, 2.24) is 4.90 Å². The van der Waals surface area contributed by atoms with Gasteiger partial charge in [0, 0.05) is 30.9 Å². The molecule has 1 aromatic carbocycles. The zero-order valence-electron chi connectivity index (χ0n) is 12.6. The third-order valence-corrected chi connectivity index (χ3v) is 3.99. The molecule has 1 saturated heterocycles. The minimum Gasteiger partial charge on any atom is -0.435 e. The molecule has 1 atom stereocenters. The van der Waals surface area contributed by atoms with E-state index >= 15 is 0 Å². The lowest BCUT2D eigenvalue weighted by Crippen LogP contribution is -2.43. The van der Waals surface area contributed by atoms with Crippen LogP contribution < -0.4 is 10.1 Å². The van der Waals surface area contributed by atoms with Gasteiger partial charge in [-0.25, -0.2) is 0 Å². The zero-order valence-corrected chi connectivity index (χ0v) is 12.6. The number of likely N-dealkylation sites (tertiary alicyclic amines) is 1. The van der Waals surface area contributed by atoms with E-state index in [2.05, 4.69) is 27.9 Å². The Labute approximate surface area is 129 Å². The van der Waals surface area contributed by atoms with Crippen LogP contribution in [-0.2, 0) is 0 Å². The first-order valence-electron chi connectivity index (χ1n) is 7.51. The summed E-state index contributed by atoms with van der Waals surface area (Å²) in [6.07, 6.45) is 2.57. The molecule has 0 aromatic heterocycles. The predicted octanol–water partition coefficient (Wildman–Crippen LogP) is 3.47. The fourth-order valence-corrected chi connectivity index (χ4v) is 2.71. The fraction of sp³-hybridized carbons (Fsp3) is 0.562. The first kappa shape index (κ1) is 16.5. The summed E-state index contributed by atoms with van der Waals surface area (Å²) in [5.41, 5.74) is 0.908. The van der Waals surface area contributed by atoms with Gasteiger partial charge < -0.3 is 10.1 Å². The Bertz CT molecular complexity index is 493. The molecule has 22 heavy (non-hydrogen) atoms. The number of piperidine rings is 1. The van der Waals surface area contributed by atoms with Crippen LogP contribution in [0.4, 0.5) is 14.5 Å². The summed E-state index contributed by atoms with van der Waals surface area (Å²) in [6, 6.07) is 9.47. The van der Waals surface area contributed by atoms with E-state index in [0.29, 0.717) is 18.5 Å². The normalized spacial score (nSPS) is 18.0. The van der Waals surface area contributed by atoms with Crippen LogP contribution in [0.5, 0.6) is 5.75 Å². The highest BCUT2D eigenvalue weighted by molar-refractivity contribution is 5.47. The van der Waals surface area contributed by atoms with Gasteiger partial charge in [-0.1, -0.05) is 0 Å². The van der Waals surface area contributed by atoms with E-state index in [9.17, 15) is 8.78 Å². The Morgan fingerprint density at radius 3 is 2.50 bits per heavy atom. The molecule has 2 rings (SSSR count). The summed E-state index contributed by atoms with van der Waals surface area (Å²) < 4.78 is 28.5. The van der Waals surface area contributed by atoms with Crippen molar-refractivity contribution in [2.75, 3.05) is 18.4 Å². The van der Waals surface area contributed by atoms with Gasteiger partial charge in [-0.2, -0.15) is 14.0 Å². The van der Waals surface area contributed by atoms with Crippen LogP contribution in [-0.4, -0.2) is 36.7 Å². The molecular formula is C16H21F2N3O. The van der Waals surface area contributed by atoms with E-state index in [-0.39, 0.29) is 5.75 Å². The third-order valence-electron chi connectivity index (χ3n) is 3.99. The summed E-state index contributed by atoms with van der Waals surface area (Å²) in [5.74, 6) is 0.167. The minimum atomic E-state index is -2.79. The van der Waals surface area contributed by atoms with Crippen molar-refractivity contribution < 1.29 is 13.5 Å². The molecule has 6 heteroatoms. The Balaban J connectivity index is 1.79. The number of benzene rings is 1. The number of halogens is 2. The molecule has 1 fully saturated rings. The first-order chi connectivity index (χ1) is 10.6. The number of anilines is 1. The maximum atomic E-state index is 12.1. The highest BCUT2D eigenvalue weighted by Crippen LogP contribution is 2.21. The van der Waals surface area contributed by atoms with Crippen LogP contribution in [0, 0.1) is 11.3 Å². The van der Waals surface area contributed by atoms with Gasteiger partial charge in [-0.3, -0.25) is 4.90 Å². The van der Waals surface area contributed by atoms with Crippen molar-refractivity contribution in [2.24, 2.45) is 0 Å². The summed E-state index contributed by atoms with van der Waals surface area (Å²) in [4.78, 5) is 2.33. The van der Waals surface area contributed by atoms with Gasteiger partial charge in [0.05, 0.1) is 12.5 Å². The lowest BCUT2D eigenvalue weighted by atomic mass is 10.0. The average molecular weight is 309 g/mol. The molecule has 1 aliphatic rings. The molecule has 1 heterocycles. The number of nitrogens with one attached hydrogen (secondary N) is 1. The second-order valence-electron chi connectivity index (χ2n) is 5.57. The Morgan fingerprint density at radius 2 is 1.95 bits per heavy atom. The van der Waals surface area contributed by atoms with Crippen molar-refractivity contribution in [3.8, 4) is 11.8 Å². The highest BCUT2D eigenvalue weighted by Gasteiger charge is 2.22. The predicted molar refractivity (Wildman–Crippen MR) is 81.0 cm³/mol. The van der Waals surface area contributed by atoms with Gasteiger partial charge in [0.2, 0.25) is 0 Å². The van der Waals surface area contributed by atoms with Gasteiger partial charge >= 0.3 is 6.61 Å². The SMILES string of the molecule is CC(CC#N)N1CCC(Nc2ccc(OC(F)F)cc2)CC1. The van der Waals surface area contributed by atoms with E-state index in [1.165, 1.54) is 0 Å². The number of alkyl halides is 2. The average Bonchev–Trinajstić information content (AvgIpc) is 2.50. The van der Waals surface area contributed by atoms with Gasteiger partial charge in [0.1, 0.15) is 5.75 Å². The number of nitrogens with zero attached hydrogens (tertiary/aromatic N) is 2. The highest BCUT2D eigenvalue weighted by atomic mass is 19.3. The van der Waals surface area contributed by atoms with Crippen molar-refractivity contribution in [2.45, 2.75) is 44.9 Å². The fourth-order valence-electron chi connectivity index (χ4n) is 2.71. The van der Waals surface area contributed by atoms with Crippen molar-refractivity contribution in [1.29, 1.82) is 5.26 Å². The van der Waals surface area contributed by atoms with Crippen LogP contribution in [0.1, 0.15) is 26.2 Å². The van der Waals surface area contributed by atoms with Gasteiger partial charge in [-0.05, 0) is 44.0 Å². The van der Waals surface area contributed by atoms with E-state index in [0.717, 1.165) is 31.6 Å². The molecule has 0 aliphatic carbocycles. The Hall–Kier alpha value is -1.87.